The maximum absolute atomic E-state index is 17.1. The van der Waals surface area contributed by atoms with E-state index in [1.165, 1.54) is 9.58 Å². The Labute approximate surface area is 295 Å². The Kier molecular flexibility index (Phi) is 8.89. The highest BCUT2D eigenvalue weighted by Crippen LogP contribution is 2.63. The van der Waals surface area contributed by atoms with Crippen LogP contribution in [0, 0.1) is 23.5 Å². The standard InChI is InChI=1S/C35H40F5N5O7/c1-14(2)24-22-26(20-18-13-44(28(21(18)20)30(46)47)32(49)52-34(6,7)8)43-45(16-9-10-16)27(22)23(37)25(42-24)17-11-15(41-31(48)51-33(3,4)5)12-19(36)29(17)50-35(38,39)40/h11-12,14,16,18,20-21,28H,9-10,13H2,1-8H3,(H,41,48)(H,46,47)/t18-,20-,21-,28+/m1/s1. The number of halogens is 5. The van der Waals surface area contributed by atoms with Crippen LogP contribution in [0.3, 0.4) is 0 Å². The van der Waals surface area contributed by atoms with Gasteiger partial charge in [-0.3, -0.25) is 14.9 Å². The molecule has 2 aromatic heterocycles. The van der Waals surface area contributed by atoms with Crippen molar-refractivity contribution in [3.05, 3.63) is 35.2 Å². The first-order chi connectivity index (χ1) is 24.0. The minimum atomic E-state index is -5.38. The van der Waals surface area contributed by atoms with Gasteiger partial charge >= 0.3 is 24.5 Å². The normalized spacial score (nSPS) is 21.7. The number of rotatable bonds is 7. The smallest absolute Gasteiger partial charge is 0.480 e. The van der Waals surface area contributed by atoms with Crippen molar-refractivity contribution in [2.24, 2.45) is 11.8 Å². The minimum Gasteiger partial charge on any atom is -0.480 e. The molecule has 12 nitrogen and oxygen atoms in total. The van der Waals surface area contributed by atoms with E-state index >= 15 is 8.78 Å². The molecule has 282 valence electrons. The lowest BCUT2D eigenvalue weighted by Crippen LogP contribution is -2.46. The van der Waals surface area contributed by atoms with E-state index in [0.717, 1.165) is 6.07 Å². The summed E-state index contributed by atoms with van der Waals surface area (Å²) in [6, 6.07) is 0.000593. The number of fused-ring (bicyclic) bond motifs is 2. The number of carbonyl (C=O) groups excluding carboxylic acids is 2. The van der Waals surface area contributed by atoms with E-state index in [1.54, 1.807) is 55.4 Å². The number of carboxylic acids is 1. The molecular formula is C35H40F5N5O7. The molecule has 1 aromatic carbocycles. The van der Waals surface area contributed by atoms with E-state index in [9.17, 15) is 32.7 Å². The van der Waals surface area contributed by atoms with Crippen LogP contribution < -0.4 is 10.1 Å². The van der Waals surface area contributed by atoms with E-state index in [4.69, 9.17) is 14.6 Å². The predicted octanol–water partition coefficient (Wildman–Crippen LogP) is 8.11. The number of aliphatic carboxylic acids is 1. The average molecular weight is 738 g/mol. The van der Waals surface area contributed by atoms with Crippen LogP contribution in [0.15, 0.2) is 12.1 Å². The Hall–Kier alpha value is -4.70. The van der Waals surface area contributed by atoms with Gasteiger partial charge in [0.15, 0.2) is 17.4 Å². The number of nitrogens with zero attached hydrogens (tertiary/aromatic N) is 4. The van der Waals surface area contributed by atoms with Crippen LogP contribution in [0.5, 0.6) is 5.75 Å². The van der Waals surface area contributed by atoms with Gasteiger partial charge in [-0.2, -0.15) is 5.10 Å². The topological polar surface area (TPSA) is 145 Å². The number of likely N-dealkylation sites (tertiary alicyclic amines) is 1. The third kappa shape index (κ3) is 7.18. The summed E-state index contributed by atoms with van der Waals surface area (Å²) >= 11 is 0. The van der Waals surface area contributed by atoms with E-state index in [1.807, 2.05) is 0 Å². The Bertz CT molecular complexity index is 1960. The number of hydrogen-bond acceptors (Lipinski definition) is 8. The Morgan fingerprint density at radius 1 is 1.00 bits per heavy atom. The summed E-state index contributed by atoms with van der Waals surface area (Å²) in [5, 5.41) is 17.6. The molecule has 4 atom stereocenters. The summed E-state index contributed by atoms with van der Waals surface area (Å²) in [6.45, 7) is 13.2. The molecule has 1 aliphatic heterocycles. The quantitative estimate of drug-likeness (QED) is 0.230. The van der Waals surface area contributed by atoms with E-state index in [-0.39, 0.29) is 40.8 Å². The van der Waals surface area contributed by atoms with Gasteiger partial charge in [-0.15, -0.1) is 13.2 Å². The number of alkyl halides is 3. The zero-order valence-electron chi connectivity index (χ0n) is 29.8. The fraction of sp³-hybridized carbons (Fsp3) is 0.571. The number of ether oxygens (including phenoxy) is 3. The van der Waals surface area contributed by atoms with Crippen molar-refractivity contribution in [2.45, 2.75) is 110 Å². The zero-order valence-corrected chi connectivity index (χ0v) is 29.8. The van der Waals surface area contributed by atoms with Gasteiger partial charge in [-0.05, 0) is 72.3 Å². The molecule has 2 N–H and O–H groups in total. The maximum atomic E-state index is 17.1. The van der Waals surface area contributed by atoms with Gasteiger partial charge in [0, 0.05) is 35.5 Å². The summed E-state index contributed by atoms with van der Waals surface area (Å²) in [5.74, 6) is -7.16. The van der Waals surface area contributed by atoms with E-state index in [2.05, 4.69) is 15.0 Å². The van der Waals surface area contributed by atoms with Crippen molar-refractivity contribution >= 4 is 34.7 Å². The average Bonchev–Trinajstić information content (AvgIpc) is 3.86. The number of hydrogen-bond donors (Lipinski definition) is 2. The van der Waals surface area contributed by atoms with Crippen molar-refractivity contribution < 1.29 is 55.7 Å². The molecule has 3 aliphatic rings. The molecule has 1 saturated heterocycles. The van der Waals surface area contributed by atoms with Gasteiger partial charge in [-0.1, -0.05) is 13.8 Å². The second kappa shape index (κ2) is 12.5. The number of pyridine rings is 1. The molecule has 2 amide bonds. The molecule has 17 heteroatoms. The number of piperidine rings is 1. The first-order valence-electron chi connectivity index (χ1n) is 16.9. The number of carbonyl (C=O) groups is 3. The molecule has 0 unspecified atom stereocenters. The molecule has 52 heavy (non-hydrogen) atoms. The minimum absolute atomic E-state index is 0.0544. The van der Waals surface area contributed by atoms with E-state index < -0.39 is 88.2 Å². The molecule has 0 bridgehead atoms. The lowest BCUT2D eigenvalue weighted by atomic mass is 9.97. The molecule has 3 fully saturated rings. The van der Waals surface area contributed by atoms with Crippen molar-refractivity contribution in [2.75, 3.05) is 11.9 Å². The van der Waals surface area contributed by atoms with Crippen molar-refractivity contribution in [1.29, 1.82) is 0 Å². The number of nitrogens with one attached hydrogen (secondary N) is 1. The molecule has 6 rings (SSSR count). The zero-order chi connectivity index (χ0) is 38.4. The maximum Gasteiger partial charge on any atom is 0.573 e. The SMILES string of the molecule is CC(C)c1nc(-c2cc(NC(=O)OC(C)(C)C)cc(F)c2OC(F)(F)F)c(F)c2c1c([C@@H]1[C@H]3CN(C(=O)OC(C)(C)C)[C@H](C(=O)O)[C@H]31)nn2C1CC1. The van der Waals surface area contributed by atoms with Crippen LogP contribution in [0.1, 0.15) is 97.5 Å². The lowest BCUT2D eigenvalue weighted by molar-refractivity contribution is -0.275. The third-order valence-electron chi connectivity index (χ3n) is 8.98. The number of aromatic nitrogens is 3. The van der Waals surface area contributed by atoms with E-state index in [0.29, 0.717) is 24.6 Å². The number of anilines is 1. The first-order valence-corrected chi connectivity index (χ1v) is 16.9. The molecule has 2 saturated carbocycles. The molecule has 0 spiro atoms. The Morgan fingerprint density at radius 3 is 2.17 bits per heavy atom. The number of amides is 2. The number of benzene rings is 1. The molecule has 3 heterocycles. The first kappa shape index (κ1) is 37.1. The third-order valence-corrected chi connectivity index (χ3v) is 8.98. The van der Waals surface area contributed by atoms with Gasteiger partial charge < -0.3 is 19.3 Å². The molecular weight excluding hydrogens is 697 g/mol. The van der Waals surface area contributed by atoms with Gasteiger partial charge in [-0.25, -0.2) is 28.1 Å². The van der Waals surface area contributed by atoms with Crippen LogP contribution in [0.4, 0.5) is 37.2 Å². The summed E-state index contributed by atoms with van der Waals surface area (Å²) < 4.78 is 89.6. The summed E-state index contributed by atoms with van der Waals surface area (Å²) in [5.41, 5.74) is -3.07. The second-order valence-electron chi connectivity index (χ2n) is 15.8. The monoisotopic (exact) mass is 737 g/mol. The lowest BCUT2D eigenvalue weighted by Gasteiger charge is -2.29. The van der Waals surface area contributed by atoms with Crippen molar-refractivity contribution in [3.63, 3.8) is 0 Å². The molecule has 0 radical (unpaired) electrons. The van der Waals surface area contributed by atoms with Crippen molar-refractivity contribution in [1.82, 2.24) is 19.7 Å². The van der Waals surface area contributed by atoms with Crippen LogP contribution in [0.2, 0.25) is 0 Å². The predicted molar refractivity (Wildman–Crippen MR) is 176 cm³/mol. The highest BCUT2D eigenvalue weighted by Gasteiger charge is 2.67. The largest absolute Gasteiger partial charge is 0.573 e. The van der Waals surface area contributed by atoms with Crippen LogP contribution in [0.25, 0.3) is 22.2 Å². The number of carboxylic acid groups (broad SMARTS) is 1. The van der Waals surface area contributed by atoms with Gasteiger partial charge in [0.05, 0.1) is 23.0 Å². The highest BCUT2D eigenvalue weighted by atomic mass is 19.4. The van der Waals surface area contributed by atoms with Crippen LogP contribution in [-0.2, 0) is 14.3 Å². The van der Waals surface area contributed by atoms with Gasteiger partial charge in [0.25, 0.3) is 0 Å². The van der Waals surface area contributed by atoms with Gasteiger partial charge in [0.1, 0.15) is 28.5 Å². The van der Waals surface area contributed by atoms with Crippen LogP contribution >= 0.6 is 0 Å². The Balaban J connectivity index is 1.50. The Morgan fingerprint density at radius 2 is 1.63 bits per heavy atom. The summed E-state index contributed by atoms with van der Waals surface area (Å²) in [7, 11) is 0. The highest BCUT2D eigenvalue weighted by molar-refractivity contribution is 5.93. The summed E-state index contributed by atoms with van der Waals surface area (Å²) in [4.78, 5) is 43.7. The van der Waals surface area contributed by atoms with Gasteiger partial charge in [0.2, 0.25) is 0 Å². The van der Waals surface area contributed by atoms with Crippen LogP contribution in [-0.4, -0.2) is 73.1 Å². The van der Waals surface area contributed by atoms with Crippen molar-refractivity contribution in [3.8, 4) is 17.0 Å². The molecule has 2 aliphatic carbocycles. The fourth-order valence-electron chi connectivity index (χ4n) is 6.95. The fourth-order valence-corrected chi connectivity index (χ4v) is 6.95. The summed E-state index contributed by atoms with van der Waals surface area (Å²) in [6.07, 6.45) is -5.94. The molecule has 3 aromatic rings. The second-order valence-corrected chi connectivity index (χ2v) is 15.8.